The second-order valence-electron chi connectivity index (χ2n) is 4.61. The number of hydrogen-bond donors (Lipinski definition) is 1. The van der Waals surface area contributed by atoms with Crippen LogP contribution in [0.2, 0.25) is 0 Å². The van der Waals surface area contributed by atoms with Gasteiger partial charge in [-0.1, -0.05) is 0 Å². The standard InChI is InChI=1S/C14H21FN2O4/c1-11-9-13(14(17(18)19)10-12(11)15)16-5-3-4-6-21-8-7-20-2/h9-10,16H,3-8H2,1-2H3. The molecule has 118 valence electrons. The summed E-state index contributed by atoms with van der Waals surface area (Å²) in [4.78, 5) is 10.3. The van der Waals surface area contributed by atoms with Crippen LogP contribution in [-0.2, 0) is 9.47 Å². The second kappa shape index (κ2) is 9.25. The topological polar surface area (TPSA) is 73.6 Å². The number of nitrogens with one attached hydrogen (secondary N) is 1. The van der Waals surface area contributed by atoms with E-state index in [1.165, 1.54) is 6.07 Å². The summed E-state index contributed by atoms with van der Waals surface area (Å²) in [5, 5.41) is 13.9. The SMILES string of the molecule is COCCOCCCCNc1cc(C)c(F)cc1[N+](=O)[O-]. The van der Waals surface area contributed by atoms with Crippen LogP contribution in [0.25, 0.3) is 0 Å². The summed E-state index contributed by atoms with van der Waals surface area (Å²) in [6.45, 7) is 3.90. The summed E-state index contributed by atoms with van der Waals surface area (Å²) in [7, 11) is 1.62. The lowest BCUT2D eigenvalue weighted by Crippen LogP contribution is -2.08. The van der Waals surface area contributed by atoms with Gasteiger partial charge in [-0.15, -0.1) is 0 Å². The second-order valence-corrected chi connectivity index (χ2v) is 4.61. The molecule has 1 aromatic carbocycles. The van der Waals surface area contributed by atoms with Crippen molar-refractivity contribution in [2.24, 2.45) is 0 Å². The molecular weight excluding hydrogens is 279 g/mol. The predicted octanol–water partition coefficient (Wildman–Crippen LogP) is 2.90. The predicted molar refractivity (Wildman–Crippen MR) is 78.2 cm³/mol. The maximum Gasteiger partial charge on any atom is 0.295 e. The molecule has 0 radical (unpaired) electrons. The number of nitro benzene ring substituents is 1. The molecule has 0 saturated heterocycles. The van der Waals surface area contributed by atoms with Crippen molar-refractivity contribution in [1.82, 2.24) is 0 Å². The first kappa shape index (κ1) is 17.3. The molecule has 0 amide bonds. The summed E-state index contributed by atoms with van der Waals surface area (Å²) >= 11 is 0. The van der Waals surface area contributed by atoms with Gasteiger partial charge < -0.3 is 14.8 Å². The molecule has 0 aliphatic rings. The number of unbranched alkanes of at least 4 members (excludes halogenated alkanes) is 1. The normalized spacial score (nSPS) is 10.6. The molecule has 0 heterocycles. The average molecular weight is 300 g/mol. The fourth-order valence-corrected chi connectivity index (χ4v) is 1.76. The third-order valence-corrected chi connectivity index (χ3v) is 2.94. The van der Waals surface area contributed by atoms with Gasteiger partial charge in [-0.05, 0) is 31.4 Å². The molecule has 21 heavy (non-hydrogen) atoms. The Bertz CT molecular complexity index is 469. The zero-order chi connectivity index (χ0) is 15.7. The molecule has 0 aliphatic carbocycles. The molecule has 6 nitrogen and oxygen atoms in total. The van der Waals surface area contributed by atoms with E-state index in [1.807, 2.05) is 0 Å². The summed E-state index contributed by atoms with van der Waals surface area (Å²) < 4.78 is 23.5. The molecule has 0 aliphatic heterocycles. The van der Waals surface area contributed by atoms with Gasteiger partial charge in [0.25, 0.3) is 5.69 Å². The van der Waals surface area contributed by atoms with Crippen LogP contribution in [0.5, 0.6) is 0 Å². The van der Waals surface area contributed by atoms with Gasteiger partial charge in [0.15, 0.2) is 0 Å². The number of rotatable bonds is 10. The third-order valence-electron chi connectivity index (χ3n) is 2.94. The number of ether oxygens (including phenoxy) is 2. The average Bonchev–Trinajstić information content (AvgIpc) is 2.44. The zero-order valence-electron chi connectivity index (χ0n) is 12.4. The molecule has 0 atom stereocenters. The Morgan fingerprint density at radius 2 is 2.05 bits per heavy atom. The number of nitrogens with zero attached hydrogens (tertiary/aromatic N) is 1. The van der Waals surface area contributed by atoms with E-state index in [2.05, 4.69) is 5.32 Å². The minimum absolute atomic E-state index is 0.241. The molecule has 0 spiro atoms. The summed E-state index contributed by atoms with van der Waals surface area (Å²) in [5.41, 5.74) is 0.486. The molecule has 1 N–H and O–H groups in total. The Kier molecular flexibility index (Phi) is 7.63. The highest BCUT2D eigenvalue weighted by atomic mass is 19.1. The maximum atomic E-state index is 13.4. The Morgan fingerprint density at radius 1 is 1.29 bits per heavy atom. The van der Waals surface area contributed by atoms with Crippen molar-refractivity contribution in [2.75, 3.05) is 38.8 Å². The highest BCUT2D eigenvalue weighted by molar-refractivity contribution is 5.63. The Hall–Kier alpha value is -1.73. The van der Waals surface area contributed by atoms with E-state index >= 15 is 0 Å². The number of anilines is 1. The number of aryl methyl sites for hydroxylation is 1. The van der Waals surface area contributed by atoms with E-state index in [4.69, 9.17) is 9.47 Å². The summed E-state index contributed by atoms with van der Waals surface area (Å²) in [6.07, 6.45) is 1.64. The molecular formula is C14H21FN2O4. The molecule has 0 saturated carbocycles. The molecule has 0 bridgehead atoms. The minimum Gasteiger partial charge on any atom is -0.382 e. The van der Waals surface area contributed by atoms with Gasteiger partial charge in [-0.3, -0.25) is 10.1 Å². The summed E-state index contributed by atoms with van der Waals surface area (Å²) in [5.74, 6) is -0.571. The van der Waals surface area contributed by atoms with Crippen LogP contribution < -0.4 is 5.32 Å². The molecule has 1 rings (SSSR count). The van der Waals surface area contributed by atoms with E-state index in [0.29, 0.717) is 37.6 Å². The highest BCUT2D eigenvalue weighted by Gasteiger charge is 2.16. The van der Waals surface area contributed by atoms with Crippen LogP contribution in [0.1, 0.15) is 18.4 Å². The van der Waals surface area contributed by atoms with Crippen molar-refractivity contribution >= 4 is 11.4 Å². The van der Waals surface area contributed by atoms with Gasteiger partial charge in [0.2, 0.25) is 0 Å². The van der Waals surface area contributed by atoms with Crippen LogP contribution in [0.4, 0.5) is 15.8 Å². The first-order valence-electron chi connectivity index (χ1n) is 6.81. The quantitative estimate of drug-likeness (QED) is 0.408. The fourth-order valence-electron chi connectivity index (χ4n) is 1.76. The van der Waals surface area contributed by atoms with E-state index in [0.717, 1.165) is 18.9 Å². The molecule has 0 aromatic heterocycles. The van der Waals surface area contributed by atoms with Gasteiger partial charge in [-0.25, -0.2) is 4.39 Å². The van der Waals surface area contributed by atoms with E-state index < -0.39 is 10.7 Å². The van der Waals surface area contributed by atoms with E-state index in [-0.39, 0.29) is 5.69 Å². The van der Waals surface area contributed by atoms with Gasteiger partial charge in [0.05, 0.1) is 24.2 Å². The molecule has 0 unspecified atom stereocenters. The van der Waals surface area contributed by atoms with E-state index in [9.17, 15) is 14.5 Å². The number of halogens is 1. The Balaban J connectivity index is 2.38. The highest BCUT2D eigenvalue weighted by Crippen LogP contribution is 2.27. The van der Waals surface area contributed by atoms with Crippen molar-refractivity contribution in [1.29, 1.82) is 0 Å². The Morgan fingerprint density at radius 3 is 2.71 bits per heavy atom. The molecule has 1 aromatic rings. The van der Waals surface area contributed by atoms with Crippen LogP contribution in [0.3, 0.4) is 0 Å². The number of hydrogen-bond acceptors (Lipinski definition) is 5. The lowest BCUT2D eigenvalue weighted by molar-refractivity contribution is -0.384. The summed E-state index contributed by atoms with van der Waals surface area (Å²) in [6, 6.07) is 2.41. The van der Waals surface area contributed by atoms with Gasteiger partial charge in [0.1, 0.15) is 11.5 Å². The molecule has 7 heteroatoms. The van der Waals surface area contributed by atoms with Gasteiger partial charge in [0, 0.05) is 20.3 Å². The van der Waals surface area contributed by atoms with Crippen LogP contribution in [0.15, 0.2) is 12.1 Å². The lowest BCUT2D eigenvalue weighted by Gasteiger charge is -2.09. The Labute approximate surface area is 123 Å². The smallest absolute Gasteiger partial charge is 0.295 e. The zero-order valence-corrected chi connectivity index (χ0v) is 12.4. The monoisotopic (exact) mass is 300 g/mol. The van der Waals surface area contributed by atoms with Crippen LogP contribution in [0, 0.1) is 22.9 Å². The van der Waals surface area contributed by atoms with E-state index in [1.54, 1.807) is 14.0 Å². The number of benzene rings is 1. The van der Waals surface area contributed by atoms with Crippen LogP contribution >= 0.6 is 0 Å². The first-order chi connectivity index (χ1) is 10.1. The van der Waals surface area contributed by atoms with Gasteiger partial charge in [-0.2, -0.15) is 0 Å². The van der Waals surface area contributed by atoms with Crippen LogP contribution in [-0.4, -0.2) is 38.4 Å². The third kappa shape index (κ3) is 6.05. The van der Waals surface area contributed by atoms with Crippen molar-refractivity contribution in [3.8, 4) is 0 Å². The maximum absolute atomic E-state index is 13.4. The van der Waals surface area contributed by atoms with Crippen molar-refractivity contribution in [3.63, 3.8) is 0 Å². The lowest BCUT2D eigenvalue weighted by atomic mass is 10.1. The fraction of sp³-hybridized carbons (Fsp3) is 0.571. The van der Waals surface area contributed by atoms with Crippen molar-refractivity contribution in [2.45, 2.75) is 19.8 Å². The molecule has 0 fully saturated rings. The van der Waals surface area contributed by atoms with Crippen molar-refractivity contribution in [3.05, 3.63) is 33.6 Å². The number of methoxy groups -OCH3 is 1. The van der Waals surface area contributed by atoms with Gasteiger partial charge >= 0.3 is 0 Å². The largest absolute Gasteiger partial charge is 0.382 e. The number of nitro groups is 1. The van der Waals surface area contributed by atoms with Crippen molar-refractivity contribution < 1.29 is 18.8 Å². The first-order valence-corrected chi connectivity index (χ1v) is 6.81. The minimum atomic E-state index is -0.585.